The van der Waals surface area contributed by atoms with Crippen molar-refractivity contribution in [1.82, 2.24) is 10.6 Å². The van der Waals surface area contributed by atoms with Crippen LogP contribution < -0.4 is 10.6 Å². The second-order valence-electron chi connectivity index (χ2n) is 6.84. The zero-order valence-corrected chi connectivity index (χ0v) is 13.3. The second kappa shape index (κ2) is 7.44. The van der Waals surface area contributed by atoms with Gasteiger partial charge in [0, 0.05) is 12.6 Å². The van der Waals surface area contributed by atoms with Crippen LogP contribution in [0.2, 0.25) is 0 Å². The van der Waals surface area contributed by atoms with Crippen molar-refractivity contribution in [3.63, 3.8) is 0 Å². The van der Waals surface area contributed by atoms with Crippen molar-refractivity contribution in [3.8, 4) is 0 Å². The Morgan fingerprint density at radius 2 is 2.05 bits per heavy atom. The van der Waals surface area contributed by atoms with E-state index in [0.29, 0.717) is 17.9 Å². The fraction of sp³-hybridized carbons (Fsp3) is 0.941. The maximum absolute atomic E-state index is 12.9. The lowest BCUT2D eigenvalue weighted by molar-refractivity contribution is -0.134. The average Bonchev–Trinajstić information content (AvgIpc) is 2.49. The predicted molar refractivity (Wildman–Crippen MR) is 83.6 cm³/mol. The molecule has 1 heterocycles. The number of amides is 1. The van der Waals surface area contributed by atoms with Crippen LogP contribution in [0.15, 0.2) is 0 Å². The normalized spacial score (nSPS) is 34.7. The quantitative estimate of drug-likeness (QED) is 0.811. The van der Waals surface area contributed by atoms with E-state index in [1.54, 1.807) is 0 Å². The minimum absolute atomic E-state index is 0.136. The number of hydrogen-bond donors (Lipinski definition) is 2. The van der Waals surface area contributed by atoms with Gasteiger partial charge in [-0.05, 0) is 44.6 Å². The number of rotatable bonds is 5. The molecule has 1 saturated carbocycles. The molecule has 20 heavy (non-hydrogen) atoms. The minimum atomic E-state index is -0.136. The number of carbonyl (C=O) groups is 1. The van der Waals surface area contributed by atoms with Crippen molar-refractivity contribution in [2.24, 2.45) is 11.3 Å². The van der Waals surface area contributed by atoms with Gasteiger partial charge in [0.2, 0.25) is 5.91 Å². The summed E-state index contributed by atoms with van der Waals surface area (Å²) in [6, 6.07) is 0.428. The van der Waals surface area contributed by atoms with Crippen LogP contribution >= 0.6 is 0 Å². The number of hydrogen-bond acceptors (Lipinski definition) is 2. The fourth-order valence-electron chi connectivity index (χ4n) is 4.17. The van der Waals surface area contributed by atoms with Crippen molar-refractivity contribution in [3.05, 3.63) is 0 Å². The van der Waals surface area contributed by atoms with Gasteiger partial charge >= 0.3 is 0 Å². The van der Waals surface area contributed by atoms with E-state index in [9.17, 15) is 4.79 Å². The third-order valence-corrected chi connectivity index (χ3v) is 5.43. The van der Waals surface area contributed by atoms with Gasteiger partial charge in [-0.25, -0.2) is 0 Å². The highest BCUT2D eigenvalue weighted by Gasteiger charge is 2.40. The van der Waals surface area contributed by atoms with Crippen LogP contribution in [0.25, 0.3) is 0 Å². The summed E-state index contributed by atoms with van der Waals surface area (Å²) in [5.74, 6) is 1.03. The summed E-state index contributed by atoms with van der Waals surface area (Å²) >= 11 is 0. The molecule has 2 fully saturated rings. The summed E-state index contributed by atoms with van der Waals surface area (Å²) in [6.45, 7) is 6.40. The van der Waals surface area contributed by atoms with E-state index in [1.807, 2.05) is 0 Å². The smallest absolute Gasteiger partial charge is 0.227 e. The summed E-state index contributed by atoms with van der Waals surface area (Å²) in [5.41, 5.74) is -0.136. The molecule has 1 amide bonds. The van der Waals surface area contributed by atoms with Gasteiger partial charge in [0.25, 0.3) is 0 Å². The standard InChI is InChI=1S/C17H32N2O/c1-3-10-17(11-7-12-18-13-17)16(20)19-15-9-6-5-8-14(15)4-2/h14-15,18H,3-13H2,1-2H3,(H,19,20). The third-order valence-electron chi connectivity index (χ3n) is 5.43. The predicted octanol–water partition coefficient (Wildman–Crippen LogP) is 3.24. The summed E-state index contributed by atoms with van der Waals surface area (Å²) in [7, 11) is 0. The molecule has 3 heteroatoms. The Hall–Kier alpha value is -0.570. The largest absolute Gasteiger partial charge is 0.353 e. The Balaban J connectivity index is 2.00. The van der Waals surface area contributed by atoms with Gasteiger partial charge in [0.15, 0.2) is 0 Å². The van der Waals surface area contributed by atoms with Crippen LogP contribution in [0, 0.1) is 11.3 Å². The van der Waals surface area contributed by atoms with Crippen molar-refractivity contribution >= 4 is 5.91 Å². The lowest BCUT2D eigenvalue weighted by Gasteiger charge is -2.39. The van der Waals surface area contributed by atoms with E-state index >= 15 is 0 Å². The van der Waals surface area contributed by atoms with Gasteiger partial charge in [0.1, 0.15) is 0 Å². The molecule has 1 aliphatic carbocycles. The average molecular weight is 280 g/mol. The van der Waals surface area contributed by atoms with Gasteiger partial charge in [-0.2, -0.15) is 0 Å². The molecule has 2 aliphatic rings. The molecule has 0 aromatic carbocycles. The lowest BCUT2D eigenvalue weighted by atomic mass is 9.75. The Bertz CT molecular complexity index is 305. The second-order valence-corrected chi connectivity index (χ2v) is 6.84. The van der Waals surface area contributed by atoms with Crippen LogP contribution in [0.3, 0.4) is 0 Å². The summed E-state index contributed by atoms with van der Waals surface area (Å²) in [6.07, 6.45) is 10.6. The minimum Gasteiger partial charge on any atom is -0.353 e. The fourth-order valence-corrected chi connectivity index (χ4v) is 4.17. The monoisotopic (exact) mass is 280 g/mol. The molecule has 1 saturated heterocycles. The highest BCUT2D eigenvalue weighted by Crippen LogP contribution is 2.34. The Morgan fingerprint density at radius 1 is 1.25 bits per heavy atom. The molecule has 3 unspecified atom stereocenters. The van der Waals surface area contributed by atoms with E-state index in [1.165, 1.54) is 32.1 Å². The maximum atomic E-state index is 12.9. The van der Waals surface area contributed by atoms with E-state index < -0.39 is 0 Å². The first-order chi connectivity index (χ1) is 9.72. The van der Waals surface area contributed by atoms with Crippen molar-refractivity contribution < 1.29 is 4.79 Å². The molecule has 3 nitrogen and oxygen atoms in total. The molecule has 0 radical (unpaired) electrons. The molecule has 0 bridgehead atoms. The van der Waals surface area contributed by atoms with Crippen LogP contribution in [0.1, 0.15) is 71.6 Å². The van der Waals surface area contributed by atoms with E-state index in [2.05, 4.69) is 24.5 Å². The lowest BCUT2D eigenvalue weighted by Crippen LogP contribution is -2.54. The summed E-state index contributed by atoms with van der Waals surface area (Å²) < 4.78 is 0. The molecule has 2 N–H and O–H groups in total. The Morgan fingerprint density at radius 3 is 2.70 bits per heavy atom. The van der Waals surface area contributed by atoms with Crippen molar-refractivity contribution in [2.45, 2.75) is 77.7 Å². The van der Waals surface area contributed by atoms with Gasteiger partial charge in [-0.15, -0.1) is 0 Å². The topological polar surface area (TPSA) is 41.1 Å². The molecule has 2 rings (SSSR count). The van der Waals surface area contributed by atoms with E-state index in [0.717, 1.165) is 38.8 Å². The highest BCUT2D eigenvalue weighted by molar-refractivity contribution is 5.83. The molecule has 1 aliphatic heterocycles. The van der Waals surface area contributed by atoms with E-state index in [-0.39, 0.29) is 5.41 Å². The first-order valence-corrected chi connectivity index (χ1v) is 8.73. The molecular formula is C17H32N2O. The molecule has 0 aromatic heterocycles. The zero-order chi connectivity index (χ0) is 14.4. The van der Waals surface area contributed by atoms with Gasteiger partial charge in [-0.3, -0.25) is 4.79 Å². The van der Waals surface area contributed by atoms with Crippen molar-refractivity contribution in [1.29, 1.82) is 0 Å². The molecule has 0 aromatic rings. The third kappa shape index (κ3) is 3.55. The molecular weight excluding hydrogens is 248 g/mol. The van der Waals surface area contributed by atoms with Crippen LogP contribution in [-0.2, 0) is 4.79 Å². The van der Waals surface area contributed by atoms with Gasteiger partial charge < -0.3 is 10.6 Å². The number of nitrogens with one attached hydrogen (secondary N) is 2. The molecule has 3 atom stereocenters. The molecule has 116 valence electrons. The van der Waals surface area contributed by atoms with Crippen LogP contribution in [0.4, 0.5) is 0 Å². The highest BCUT2D eigenvalue weighted by atomic mass is 16.2. The first kappa shape index (κ1) is 15.8. The summed E-state index contributed by atoms with van der Waals surface area (Å²) in [5, 5.41) is 6.88. The summed E-state index contributed by atoms with van der Waals surface area (Å²) in [4.78, 5) is 12.9. The van der Waals surface area contributed by atoms with Gasteiger partial charge in [-0.1, -0.05) is 39.5 Å². The first-order valence-electron chi connectivity index (χ1n) is 8.73. The SMILES string of the molecule is CCCC1(C(=O)NC2CCCCC2CC)CCCNC1. The van der Waals surface area contributed by atoms with Gasteiger partial charge in [0.05, 0.1) is 5.41 Å². The Kier molecular flexibility index (Phi) is 5.88. The van der Waals surface area contributed by atoms with Crippen LogP contribution in [0.5, 0.6) is 0 Å². The maximum Gasteiger partial charge on any atom is 0.227 e. The molecule has 0 spiro atoms. The van der Waals surface area contributed by atoms with Crippen molar-refractivity contribution in [2.75, 3.05) is 13.1 Å². The van der Waals surface area contributed by atoms with E-state index in [4.69, 9.17) is 0 Å². The number of carbonyl (C=O) groups excluding carboxylic acids is 1. The Labute approximate surface area is 124 Å². The van der Waals surface area contributed by atoms with Crippen LogP contribution in [-0.4, -0.2) is 25.0 Å². The number of piperidine rings is 1. The zero-order valence-electron chi connectivity index (χ0n) is 13.3.